The van der Waals surface area contributed by atoms with Gasteiger partial charge < -0.3 is 20.1 Å². The molecule has 0 bridgehead atoms. The minimum absolute atomic E-state index is 0.00885. The summed E-state index contributed by atoms with van der Waals surface area (Å²) in [6, 6.07) is 5.75. The lowest BCUT2D eigenvalue weighted by Crippen LogP contribution is -2.32. The Morgan fingerprint density at radius 1 is 1.30 bits per heavy atom. The van der Waals surface area contributed by atoms with Crippen molar-refractivity contribution in [3.8, 4) is 22.1 Å². The third-order valence-electron chi connectivity index (χ3n) is 3.39. The predicted molar refractivity (Wildman–Crippen MR) is 88.9 cm³/mol. The zero-order valence-corrected chi connectivity index (χ0v) is 13.7. The molecule has 2 heterocycles. The zero-order valence-electron chi connectivity index (χ0n) is 12.9. The normalized spacial score (nSPS) is 12.4. The van der Waals surface area contributed by atoms with Crippen molar-refractivity contribution in [1.82, 2.24) is 15.6 Å². The Labute approximate surface area is 138 Å². The van der Waals surface area contributed by atoms with Crippen LogP contribution in [0.4, 0.5) is 0 Å². The standard InChI is InChI=1S/C16H19N3O3S/c1-2-17-5-6-18-15(20)8-12-9-23-16(19-12)11-3-4-13-14(7-11)22-10-21-13/h3-4,7,9,17H,2,5-6,8,10H2,1H3,(H,18,20). The highest BCUT2D eigenvalue weighted by Gasteiger charge is 2.15. The number of amides is 1. The van der Waals surface area contributed by atoms with Gasteiger partial charge in [-0.2, -0.15) is 0 Å². The molecule has 0 spiro atoms. The van der Waals surface area contributed by atoms with Gasteiger partial charge in [0.1, 0.15) is 5.01 Å². The summed E-state index contributed by atoms with van der Waals surface area (Å²) in [6.07, 6.45) is 0.299. The van der Waals surface area contributed by atoms with Crippen molar-refractivity contribution in [2.45, 2.75) is 13.3 Å². The van der Waals surface area contributed by atoms with Gasteiger partial charge in [-0.3, -0.25) is 4.79 Å². The second-order valence-corrected chi connectivity index (χ2v) is 5.95. The Bertz CT molecular complexity index is 687. The van der Waals surface area contributed by atoms with Crippen LogP contribution in [0.25, 0.3) is 10.6 Å². The molecule has 122 valence electrons. The molecule has 1 aromatic heterocycles. The van der Waals surface area contributed by atoms with Crippen molar-refractivity contribution < 1.29 is 14.3 Å². The molecule has 1 aromatic carbocycles. The van der Waals surface area contributed by atoms with Gasteiger partial charge in [-0.25, -0.2) is 4.98 Å². The number of nitrogens with zero attached hydrogens (tertiary/aromatic N) is 1. The molecular weight excluding hydrogens is 314 g/mol. The van der Waals surface area contributed by atoms with E-state index in [0.717, 1.165) is 40.9 Å². The second-order valence-electron chi connectivity index (χ2n) is 5.09. The minimum Gasteiger partial charge on any atom is -0.454 e. The molecule has 2 aromatic rings. The molecule has 1 amide bonds. The average Bonchev–Trinajstić information content (AvgIpc) is 3.19. The Morgan fingerprint density at radius 3 is 3.04 bits per heavy atom. The van der Waals surface area contributed by atoms with E-state index in [4.69, 9.17) is 9.47 Å². The Morgan fingerprint density at radius 2 is 2.17 bits per heavy atom. The number of nitrogens with one attached hydrogen (secondary N) is 2. The number of aromatic nitrogens is 1. The van der Waals surface area contributed by atoms with E-state index in [1.54, 1.807) is 0 Å². The number of carbonyl (C=O) groups is 1. The summed E-state index contributed by atoms with van der Waals surface area (Å²) in [6.45, 7) is 4.61. The number of thiazole rings is 1. The van der Waals surface area contributed by atoms with Gasteiger partial charge in [0.2, 0.25) is 12.7 Å². The van der Waals surface area contributed by atoms with Crippen LogP contribution in [0.2, 0.25) is 0 Å². The largest absolute Gasteiger partial charge is 0.454 e. The third-order valence-corrected chi connectivity index (χ3v) is 4.33. The number of hydrogen-bond acceptors (Lipinski definition) is 6. The second kappa shape index (κ2) is 7.43. The van der Waals surface area contributed by atoms with E-state index >= 15 is 0 Å². The van der Waals surface area contributed by atoms with Crippen molar-refractivity contribution in [2.75, 3.05) is 26.4 Å². The van der Waals surface area contributed by atoms with E-state index < -0.39 is 0 Å². The molecule has 2 N–H and O–H groups in total. The molecule has 23 heavy (non-hydrogen) atoms. The van der Waals surface area contributed by atoms with Crippen LogP contribution in [0, 0.1) is 0 Å². The van der Waals surface area contributed by atoms with Crippen LogP contribution in [0.5, 0.6) is 11.5 Å². The highest BCUT2D eigenvalue weighted by molar-refractivity contribution is 7.13. The maximum absolute atomic E-state index is 11.9. The lowest BCUT2D eigenvalue weighted by Gasteiger charge is -2.04. The Balaban J connectivity index is 1.58. The summed E-state index contributed by atoms with van der Waals surface area (Å²) in [4.78, 5) is 16.4. The van der Waals surface area contributed by atoms with Crippen LogP contribution >= 0.6 is 11.3 Å². The molecule has 0 fully saturated rings. The highest BCUT2D eigenvalue weighted by atomic mass is 32.1. The number of hydrogen-bond donors (Lipinski definition) is 2. The molecular formula is C16H19N3O3S. The summed E-state index contributed by atoms with van der Waals surface area (Å²) in [5, 5.41) is 8.83. The number of ether oxygens (including phenoxy) is 2. The van der Waals surface area contributed by atoms with E-state index in [-0.39, 0.29) is 12.7 Å². The summed E-state index contributed by atoms with van der Waals surface area (Å²) >= 11 is 1.52. The first-order valence-corrected chi connectivity index (χ1v) is 8.46. The molecule has 0 unspecified atom stereocenters. The zero-order chi connectivity index (χ0) is 16.1. The molecule has 3 rings (SSSR count). The van der Waals surface area contributed by atoms with Crippen LogP contribution in [0.15, 0.2) is 23.6 Å². The molecule has 0 radical (unpaired) electrons. The maximum atomic E-state index is 11.9. The smallest absolute Gasteiger partial charge is 0.231 e. The van der Waals surface area contributed by atoms with E-state index in [1.807, 2.05) is 30.5 Å². The van der Waals surface area contributed by atoms with Crippen molar-refractivity contribution in [3.63, 3.8) is 0 Å². The van der Waals surface area contributed by atoms with Crippen LogP contribution in [-0.2, 0) is 11.2 Å². The topological polar surface area (TPSA) is 72.5 Å². The minimum atomic E-state index is -0.00885. The van der Waals surface area contributed by atoms with Crippen LogP contribution < -0.4 is 20.1 Å². The number of rotatable bonds is 7. The molecule has 7 heteroatoms. The predicted octanol–water partition coefficient (Wildman–Crippen LogP) is 1.81. The number of benzene rings is 1. The first-order valence-electron chi connectivity index (χ1n) is 7.58. The molecule has 0 saturated carbocycles. The quantitative estimate of drug-likeness (QED) is 0.756. The monoisotopic (exact) mass is 333 g/mol. The van der Waals surface area contributed by atoms with Gasteiger partial charge >= 0.3 is 0 Å². The molecule has 6 nitrogen and oxygen atoms in total. The fourth-order valence-corrected chi connectivity index (χ4v) is 3.06. The molecule has 0 atom stereocenters. The van der Waals surface area contributed by atoms with Gasteiger partial charge in [0.15, 0.2) is 11.5 Å². The highest BCUT2D eigenvalue weighted by Crippen LogP contribution is 2.36. The lowest BCUT2D eigenvalue weighted by atomic mass is 10.2. The molecule has 0 saturated heterocycles. The SMILES string of the molecule is CCNCCNC(=O)Cc1csc(-c2ccc3c(c2)OCO3)n1. The van der Waals surface area contributed by atoms with Crippen LogP contribution in [-0.4, -0.2) is 37.3 Å². The average molecular weight is 333 g/mol. The fraction of sp³-hybridized carbons (Fsp3) is 0.375. The van der Waals surface area contributed by atoms with Crippen molar-refractivity contribution in [2.24, 2.45) is 0 Å². The first kappa shape index (κ1) is 15.8. The van der Waals surface area contributed by atoms with Gasteiger partial charge in [-0.05, 0) is 24.7 Å². The van der Waals surface area contributed by atoms with Crippen LogP contribution in [0.3, 0.4) is 0 Å². The fourth-order valence-electron chi connectivity index (χ4n) is 2.24. The van der Waals surface area contributed by atoms with Gasteiger partial charge in [-0.15, -0.1) is 11.3 Å². The summed E-state index contributed by atoms with van der Waals surface area (Å²) in [5.74, 6) is 1.48. The van der Waals surface area contributed by atoms with Gasteiger partial charge in [0.05, 0.1) is 12.1 Å². The van der Waals surface area contributed by atoms with Gasteiger partial charge in [-0.1, -0.05) is 6.92 Å². The van der Waals surface area contributed by atoms with E-state index in [0.29, 0.717) is 13.0 Å². The van der Waals surface area contributed by atoms with Gasteiger partial charge in [0, 0.05) is 24.0 Å². The summed E-state index contributed by atoms with van der Waals surface area (Å²) in [5.41, 5.74) is 1.75. The number of fused-ring (bicyclic) bond motifs is 1. The number of likely N-dealkylation sites (N-methyl/N-ethyl adjacent to an activating group) is 1. The van der Waals surface area contributed by atoms with Crippen molar-refractivity contribution >= 4 is 17.2 Å². The Hall–Kier alpha value is -2.12. The summed E-state index contributed by atoms with van der Waals surface area (Å²) < 4.78 is 10.7. The molecule has 1 aliphatic rings. The molecule has 0 aliphatic carbocycles. The van der Waals surface area contributed by atoms with Crippen LogP contribution in [0.1, 0.15) is 12.6 Å². The summed E-state index contributed by atoms with van der Waals surface area (Å²) in [7, 11) is 0. The van der Waals surface area contributed by atoms with Gasteiger partial charge in [0.25, 0.3) is 0 Å². The van der Waals surface area contributed by atoms with Crippen molar-refractivity contribution in [3.05, 3.63) is 29.3 Å². The maximum Gasteiger partial charge on any atom is 0.231 e. The Kier molecular flexibility index (Phi) is 5.09. The van der Waals surface area contributed by atoms with E-state index in [2.05, 4.69) is 15.6 Å². The first-order chi connectivity index (χ1) is 11.3. The number of carbonyl (C=O) groups excluding carboxylic acids is 1. The third kappa shape index (κ3) is 4.00. The van der Waals surface area contributed by atoms with Crippen molar-refractivity contribution in [1.29, 1.82) is 0 Å². The van der Waals surface area contributed by atoms with E-state index in [9.17, 15) is 4.79 Å². The van der Waals surface area contributed by atoms with E-state index in [1.165, 1.54) is 11.3 Å². The lowest BCUT2D eigenvalue weighted by molar-refractivity contribution is -0.120. The molecule has 1 aliphatic heterocycles.